The number of Topliss-reactive ketones (excluding diaryl/α,β-unsaturated/α-hetero) is 1. The minimum absolute atomic E-state index is 0.136. The number of unbranched alkanes of at least 4 members (excludes halogenated alkanes) is 8. The fraction of sp³-hybridized carbons (Fsp3) is 0.692. The van der Waals surface area contributed by atoms with Gasteiger partial charge in [0, 0.05) is 33.8 Å². The second-order valence-electron chi connectivity index (χ2n) is 8.76. The number of carbonyl (C=O) groups excluding carboxylic acids is 2. The molecule has 7 nitrogen and oxygen atoms in total. The van der Waals surface area contributed by atoms with E-state index in [1.165, 1.54) is 25.7 Å². The van der Waals surface area contributed by atoms with E-state index in [9.17, 15) is 9.59 Å². The Kier molecular flexibility index (Phi) is 15.7. The zero-order valence-electron chi connectivity index (χ0n) is 21.8. The molecule has 0 N–H and O–H groups in total. The Morgan fingerprint density at radius 1 is 0.765 bits per heavy atom. The number of benzene rings is 1. The Morgan fingerprint density at radius 2 is 1.32 bits per heavy atom. The molecule has 34 heavy (non-hydrogen) atoms. The van der Waals surface area contributed by atoms with Gasteiger partial charge in [-0.15, -0.1) is 0 Å². The van der Waals surface area contributed by atoms with E-state index in [0.29, 0.717) is 6.61 Å². The lowest BCUT2D eigenvalue weighted by molar-refractivity contribution is -0.122. The van der Waals surface area contributed by atoms with E-state index in [1.807, 2.05) is 32.0 Å². The van der Waals surface area contributed by atoms with Crippen molar-refractivity contribution in [2.24, 2.45) is 0 Å². The van der Waals surface area contributed by atoms with Gasteiger partial charge in [-0.2, -0.15) is 0 Å². The third-order valence-electron chi connectivity index (χ3n) is 6.02. The van der Waals surface area contributed by atoms with Crippen molar-refractivity contribution < 1.29 is 32.3 Å². The molecule has 0 unspecified atom stereocenters. The van der Waals surface area contributed by atoms with E-state index >= 15 is 0 Å². The summed E-state index contributed by atoms with van der Waals surface area (Å²) >= 11 is 0. The van der Waals surface area contributed by atoms with Crippen LogP contribution in [0, 0.1) is 13.8 Å². The van der Waals surface area contributed by atoms with Gasteiger partial charge < -0.3 is 22.8 Å². The van der Waals surface area contributed by atoms with Gasteiger partial charge in [-0.3, -0.25) is 4.79 Å². The Morgan fingerprint density at radius 3 is 1.91 bits per heavy atom. The topological polar surface area (TPSA) is 80.3 Å². The van der Waals surface area contributed by atoms with Gasteiger partial charge >= 0.3 is 15.0 Å². The second-order valence-corrected chi connectivity index (χ2v) is 11.9. The zero-order chi connectivity index (χ0) is 25.2. The van der Waals surface area contributed by atoms with E-state index in [4.69, 9.17) is 22.8 Å². The first-order valence-corrected chi connectivity index (χ1v) is 14.3. The third-order valence-corrected chi connectivity index (χ3v) is 8.86. The number of carbonyl (C=O) groups is 2. The maximum atomic E-state index is 12.1. The lowest BCUT2D eigenvalue weighted by atomic mass is 10.0. The minimum atomic E-state index is -2.41. The largest absolute Gasteiger partial charge is 0.508 e. The molecule has 8 heteroatoms. The van der Waals surface area contributed by atoms with Crippen molar-refractivity contribution in [3.63, 3.8) is 0 Å². The van der Waals surface area contributed by atoms with Crippen LogP contribution in [0.4, 0.5) is 4.79 Å². The summed E-state index contributed by atoms with van der Waals surface area (Å²) in [5.74, 6) is -0.136. The molecule has 0 aromatic heterocycles. The molecule has 0 aliphatic heterocycles. The molecule has 194 valence electrons. The highest BCUT2D eigenvalue weighted by molar-refractivity contribution is 6.60. The van der Waals surface area contributed by atoms with Crippen molar-refractivity contribution in [2.45, 2.75) is 84.1 Å². The number of ether oxygens (including phenoxy) is 2. The smallest absolute Gasteiger partial charge is 0.434 e. The fourth-order valence-corrected chi connectivity index (χ4v) is 5.62. The standard InChI is InChI=1S/C26H44O7Si/c1-22-15-16-23(2)24(19-22)20-25(27)21-33-26(28)32-17-13-11-9-7-6-8-10-12-14-18-34(29-3,30-4)31-5/h15-16,19H,6-14,17-18,20-21H2,1-5H3. The van der Waals surface area contributed by atoms with E-state index in [2.05, 4.69) is 0 Å². The van der Waals surface area contributed by atoms with E-state index in [0.717, 1.165) is 54.8 Å². The second kappa shape index (κ2) is 17.7. The third kappa shape index (κ3) is 12.6. The van der Waals surface area contributed by atoms with Gasteiger partial charge in [0.25, 0.3) is 0 Å². The number of ketones is 1. The molecule has 1 rings (SSSR count). The molecule has 0 aliphatic carbocycles. The maximum Gasteiger partial charge on any atom is 0.508 e. The lowest BCUT2D eigenvalue weighted by Gasteiger charge is -2.24. The van der Waals surface area contributed by atoms with Crippen LogP contribution in [-0.4, -0.2) is 55.3 Å². The van der Waals surface area contributed by atoms with Gasteiger partial charge in [-0.05, 0) is 37.8 Å². The predicted octanol–water partition coefficient (Wildman–Crippen LogP) is 5.96. The molecule has 0 spiro atoms. The summed E-state index contributed by atoms with van der Waals surface area (Å²) in [4.78, 5) is 23.8. The van der Waals surface area contributed by atoms with E-state index < -0.39 is 15.0 Å². The Hall–Kier alpha value is -1.74. The average Bonchev–Trinajstić information content (AvgIpc) is 2.83. The summed E-state index contributed by atoms with van der Waals surface area (Å²) in [5.41, 5.74) is 3.13. The summed E-state index contributed by atoms with van der Waals surface area (Å²) in [6, 6.07) is 6.86. The molecular weight excluding hydrogens is 452 g/mol. The predicted molar refractivity (Wildman–Crippen MR) is 135 cm³/mol. The van der Waals surface area contributed by atoms with Crippen molar-refractivity contribution in [3.05, 3.63) is 34.9 Å². The molecule has 1 aromatic carbocycles. The quantitative estimate of drug-likeness (QED) is 0.133. The monoisotopic (exact) mass is 496 g/mol. The molecule has 1 aromatic rings. The van der Waals surface area contributed by atoms with Crippen LogP contribution in [0.1, 0.15) is 74.5 Å². The van der Waals surface area contributed by atoms with Crippen molar-refractivity contribution in [1.29, 1.82) is 0 Å². The van der Waals surface area contributed by atoms with Crippen LogP contribution in [0.3, 0.4) is 0 Å². The summed E-state index contributed by atoms with van der Waals surface area (Å²) in [5, 5.41) is 0. The highest BCUT2D eigenvalue weighted by Gasteiger charge is 2.36. The van der Waals surface area contributed by atoms with Gasteiger partial charge in [0.1, 0.15) is 0 Å². The summed E-state index contributed by atoms with van der Waals surface area (Å²) in [6.45, 7) is 4.03. The first-order chi connectivity index (χ1) is 16.4. The zero-order valence-corrected chi connectivity index (χ0v) is 22.8. The summed E-state index contributed by atoms with van der Waals surface area (Å²) < 4.78 is 26.3. The minimum Gasteiger partial charge on any atom is -0.434 e. The van der Waals surface area contributed by atoms with Gasteiger partial charge in [0.05, 0.1) is 6.61 Å². The van der Waals surface area contributed by atoms with Crippen LogP contribution < -0.4 is 0 Å². The van der Waals surface area contributed by atoms with Crippen LogP contribution in [0.25, 0.3) is 0 Å². The molecule has 0 radical (unpaired) electrons. The van der Waals surface area contributed by atoms with E-state index in [-0.39, 0.29) is 18.8 Å². The molecule has 0 heterocycles. The molecule has 0 saturated heterocycles. The molecule has 0 bridgehead atoms. The Bertz CT molecular complexity index is 711. The lowest BCUT2D eigenvalue weighted by Crippen LogP contribution is -2.42. The van der Waals surface area contributed by atoms with Crippen LogP contribution in [0.2, 0.25) is 6.04 Å². The molecule has 0 atom stereocenters. The van der Waals surface area contributed by atoms with Crippen molar-refractivity contribution in [2.75, 3.05) is 34.5 Å². The number of rotatable bonds is 19. The summed E-state index contributed by atoms with van der Waals surface area (Å²) in [7, 11) is 2.55. The van der Waals surface area contributed by atoms with Crippen LogP contribution >= 0.6 is 0 Å². The fourth-order valence-electron chi connectivity index (χ4n) is 3.83. The molecule has 0 saturated carbocycles. The first-order valence-electron chi connectivity index (χ1n) is 12.4. The maximum absolute atomic E-state index is 12.1. The normalized spacial score (nSPS) is 11.4. The van der Waals surface area contributed by atoms with Gasteiger partial charge in [0.15, 0.2) is 12.4 Å². The number of hydrogen-bond donors (Lipinski definition) is 0. The highest BCUT2D eigenvalue weighted by Crippen LogP contribution is 2.18. The van der Waals surface area contributed by atoms with Crippen molar-refractivity contribution in [3.8, 4) is 0 Å². The van der Waals surface area contributed by atoms with Crippen LogP contribution in [0.15, 0.2) is 18.2 Å². The Balaban J connectivity index is 1.97. The van der Waals surface area contributed by atoms with Crippen LogP contribution in [0.5, 0.6) is 0 Å². The van der Waals surface area contributed by atoms with Gasteiger partial charge in [0.2, 0.25) is 0 Å². The van der Waals surface area contributed by atoms with Crippen molar-refractivity contribution in [1.82, 2.24) is 0 Å². The van der Waals surface area contributed by atoms with Gasteiger partial charge in [-0.1, -0.05) is 68.7 Å². The van der Waals surface area contributed by atoms with Crippen LogP contribution in [-0.2, 0) is 34.0 Å². The SMILES string of the molecule is CO[Si](CCCCCCCCCCCOC(=O)OCC(=O)Cc1cc(C)ccc1C)(OC)OC. The number of hydrogen-bond acceptors (Lipinski definition) is 7. The molecule has 0 fully saturated rings. The van der Waals surface area contributed by atoms with Crippen molar-refractivity contribution >= 4 is 20.7 Å². The molecule has 0 amide bonds. The number of aryl methyl sites for hydroxylation is 2. The summed E-state index contributed by atoms with van der Waals surface area (Å²) in [6.07, 6.45) is 9.50. The molecule has 0 aliphatic rings. The van der Waals surface area contributed by atoms with E-state index in [1.54, 1.807) is 21.3 Å². The Labute approximate surface area is 206 Å². The average molecular weight is 497 g/mol. The molecular formula is C26H44O7Si. The highest BCUT2D eigenvalue weighted by atomic mass is 28.4. The first kappa shape index (κ1) is 30.3. The van der Waals surface area contributed by atoms with Gasteiger partial charge in [-0.25, -0.2) is 4.79 Å².